The standard InChI is InChI=1S/C69H66N6O3/c1-43-37-61(70-58-22-16-13-19-55(43)58)46-25-31-52(32-26-46)73(67(4,5)6)64(76)49-40-50(65(77)74(68(7,8)9)53-33-27-47(28-34-53)62-38-44(2)56-20-14-17-23-59(56)71-62)42-51(41-49)66(78)75(69(10,11)12)54-35-29-48(30-36-54)63-39-45(3)57-21-15-18-24-60(57)72-63/h13-42H,1-12H3. The molecule has 0 aliphatic carbocycles. The minimum Gasteiger partial charge on any atom is -0.303 e. The van der Waals surface area contributed by atoms with Crippen molar-refractivity contribution in [3.63, 3.8) is 0 Å². The van der Waals surface area contributed by atoms with E-state index < -0.39 is 16.6 Å². The molecule has 0 aliphatic heterocycles. The van der Waals surface area contributed by atoms with Crippen LogP contribution in [0.4, 0.5) is 17.1 Å². The van der Waals surface area contributed by atoms with E-state index in [1.54, 1.807) is 32.9 Å². The van der Waals surface area contributed by atoms with Gasteiger partial charge in [0.1, 0.15) is 0 Å². The second-order valence-electron chi connectivity index (χ2n) is 23.4. The molecule has 0 spiro atoms. The Morgan fingerprint density at radius 2 is 0.551 bits per heavy atom. The number of nitrogens with zero attached hydrogens (tertiary/aromatic N) is 6. The number of fused-ring (bicyclic) bond motifs is 3. The van der Waals surface area contributed by atoms with E-state index in [2.05, 4.69) is 57.2 Å². The van der Waals surface area contributed by atoms with Crippen molar-refractivity contribution < 1.29 is 14.4 Å². The van der Waals surface area contributed by atoms with E-state index in [-0.39, 0.29) is 34.4 Å². The first-order chi connectivity index (χ1) is 37.0. The van der Waals surface area contributed by atoms with Crippen molar-refractivity contribution in [1.29, 1.82) is 0 Å². The Kier molecular flexibility index (Phi) is 13.7. The largest absolute Gasteiger partial charge is 0.303 e. The summed E-state index contributed by atoms with van der Waals surface area (Å²) in [7, 11) is 0. The number of aryl methyl sites for hydroxylation is 3. The van der Waals surface area contributed by atoms with E-state index in [0.717, 1.165) is 83.2 Å². The molecular weight excluding hydrogens is 961 g/mol. The molecule has 3 heterocycles. The first kappa shape index (κ1) is 52.6. The van der Waals surface area contributed by atoms with Crippen LogP contribution >= 0.6 is 0 Å². The zero-order valence-corrected chi connectivity index (χ0v) is 46.7. The average Bonchev–Trinajstić information content (AvgIpc) is 3.54. The lowest BCUT2D eigenvalue weighted by Gasteiger charge is -2.38. The number of benzene rings is 7. The summed E-state index contributed by atoms with van der Waals surface area (Å²) in [5, 5.41) is 3.30. The molecular formula is C69H66N6O3. The summed E-state index contributed by atoms with van der Waals surface area (Å²) in [6.07, 6.45) is 0. The molecule has 9 heteroatoms. The van der Waals surface area contributed by atoms with Gasteiger partial charge in [-0.15, -0.1) is 0 Å². The van der Waals surface area contributed by atoms with Gasteiger partial charge in [0.25, 0.3) is 17.7 Å². The van der Waals surface area contributed by atoms with Gasteiger partial charge in [-0.1, -0.05) is 91.0 Å². The molecule has 7 aromatic carbocycles. The Morgan fingerprint density at radius 3 is 0.782 bits per heavy atom. The highest BCUT2D eigenvalue weighted by molar-refractivity contribution is 6.15. The SMILES string of the molecule is Cc1cc(-c2ccc(N(C(=O)c3cc(C(=O)N(c4ccc(-c5cc(C)c6ccccc6n5)cc4)C(C)(C)C)cc(C(=O)N(c4ccc(-c5cc(C)c6ccccc6n5)cc4)C(C)(C)C)c3)C(C)(C)C)cc2)nc2ccccc12. The molecule has 0 unspecified atom stereocenters. The van der Waals surface area contributed by atoms with Gasteiger partial charge >= 0.3 is 0 Å². The molecule has 10 rings (SSSR count). The van der Waals surface area contributed by atoms with Gasteiger partial charge in [-0.2, -0.15) is 0 Å². The summed E-state index contributed by atoms with van der Waals surface area (Å²) in [5.74, 6) is -1.10. The topological polar surface area (TPSA) is 99.6 Å². The highest BCUT2D eigenvalue weighted by atomic mass is 16.2. The number of para-hydroxylation sites is 3. The van der Waals surface area contributed by atoms with Crippen molar-refractivity contribution in [2.24, 2.45) is 0 Å². The van der Waals surface area contributed by atoms with Crippen LogP contribution in [0.1, 0.15) is 110 Å². The van der Waals surface area contributed by atoms with Crippen molar-refractivity contribution in [3.8, 4) is 33.8 Å². The van der Waals surface area contributed by atoms with Crippen LogP contribution in [0.2, 0.25) is 0 Å². The molecule has 0 aliphatic rings. The maximum absolute atomic E-state index is 15.6. The van der Waals surface area contributed by atoms with E-state index in [1.165, 1.54) is 0 Å². The van der Waals surface area contributed by atoms with Crippen LogP contribution in [0, 0.1) is 20.8 Å². The van der Waals surface area contributed by atoms with Crippen molar-refractivity contribution in [1.82, 2.24) is 15.0 Å². The Balaban J connectivity index is 1.06. The van der Waals surface area contributed by atoms with Crippen LogP contribution in [0.5, 0.6) is 0 Å². The molecule has 9 nitrogen and oxygen atoms in total. The molecule has 3 amide bonds. The zero-order valence-electron chi connectivity index (χ0n) is 46.7. The number of carbonyl (C=O) groups excluding carboxylic acids is 3. The van der Waals surface area contributed by atoms with E-state index in [9.17, 15) is 0 Å². The maximum Gasteiger partial charge on any atom is 0.258 e. The molecule has 0 atom stereocenters. The lowest BCUT2D eigenvalue weighted by molar-refractivity contribution is 0.0964. The third kappa shape index (κ3) is 10.4. The molecule has 0 N–H and O–H groups in total. The number of aromatic nitrogens is 3. The first-order valence-electron chi connectivity index (χ1n) is 26.6. The van der Waals surface area contributed by atoms with Gasteiger partial charge in [-0.25, -0.2) is 15.0 Å². The molecule has 0 fully saturated rings. The number of rotatable bonds is 9. The Hall–Kier alpha value is -8.82. The molecule has 78 heavy (non-hydrogen) atoms. The van der Waals surface area contributed by atoms with Gasteiger partial charge in [0.2, 0.25) is 0 Å². The van der Waals surface area contributed by atoms with Crippen LogP contribution in [-0.4, -0.2) is 49.3 Å². The average molecular weight is 1030 g/mol. The summed E-state index contributed by atoms with van der Waals surface area (Å²) in [6.45, 7) is 24.1. The van der Waals surface area contributed by atoms with Gasteiger partial charge in [-0.3, -0.25) is 14.4 Å². The summed E-state index contributed by atoms with van der Waals surface area (Å²) >= 11 is 0. The van der Waals surface area contributed by atoms with Crippen LogP contribution < -0.4 is 14.7 Å². The number of carbonyl (C=O) groups is 3. The van der Waals surface area contributed by atoms with Crippen molar-refractivity contribution in [3.05, 3.63) is 215 Å². The van der Waals surface area contributed by atoms with Crippen molar-refractivity contribution in [2.45, 2.75) is 99.7 Å². The summed E-state index contributed by atoms with van der Waals surface area (Å²) < 4.78 is 0. The number of anilines is 3. The van der Waals surface area contributed by atoms with Gasteiger partial charge < -0.3 is 14.7 Å². The van der Waals surface area contributed by atoms with Crippen molar-refractivity contribution >= 4 is 67.5 Å². The van der Waals surface area contributed by atoms with Gasteiger partial charge in [-0.05, 0) is 191 Å². The third-order valence-corrected chi connectivity index (χ3v) is 14.3. The fourth-order valence-corrected chi connectivity index (χ4v) is 10.6. The van der Waals surface area contributed by atoms with Crippen LogP contribution in [-0.2, 0) is 0 Å². The van der Waals surface area contributed by atoms with Gasteiger partial charge in [0, 0.05) is 83.2 Å². The van der Waals surface area contributed by atoms with Crippen LogP contribution in [0.3, 0.4) is 0 Å². The highest BCUT2D eigenvalue weighted by Crippen LogP contribution is 2.36. The predicted molar refractivity (Wildman–Crippen MR) is 322 cm³/mol. The summed E-state index contributed by atoms with van der Waals surface area (Å²) in [5.41, 5.74) is 11.6. The van der Waals surface area contributed by atoms with Crippen LogP contribution in [0.25, 0.3) is 66.5 Å². The van der Waals surface area contributed by atoms with Crippen LogP contribution in [0.15, 0.2) is 182 Å². The lowest BCUT2D eigenvalue weighted by atomic mass is 9.95. The summed E-state index contributed by atoms with van der Waals surface area (Å²) in [6, 6.07) is 59.0. The van der Waals surface area contributed by atoms with E-state index >= 15 is 14.4 Å². The van der Waals surface area contributed by atoms with Gasteiger partial charge in [0.15, 0.2) is 0 Å². The Bertz CT molecular complexity index is 3530. The second kappa shape index (κ2) is 20.3. The maximum atomic E-state index is 15.6. The molecule has 0 bridgehead atoms. The zero-order chi connectivity index (χ0) is 55.4. The predicted octanol–water partition coefficient (Wildman–Crippen LogP) is 16.6. The molecule has 0 radical (unpaired) electrons. The Morgan fingerprint density at radius 1 is 0.321 bits per heavy atom. The normalized spacial score (nSPS) is 12.0. The third-order valence-electron chi connectivity index (χ3n) is 14.3. The molecule has 0 saturated heterocycles. The fraction of sp³-hybridized carbons (Fsp3) is 0.217. The molecule has 10 aromatic rings. The number of hydrogen-bond acceptors (Lipinski definition) is 6. The minimum atomic E-state index is -0.740. The van der Waals surface area contributed by atoms with Crippen molar-refractivity contribution in [2.75, 3.05) is 14.7 Å². The Labute approximate surface area is 458 Å². The molecule has 3 aromatic heterocycles. The lowest BCUT2D eigenvalue weighted by Crippen LogP contribution is -2.48. The molecule has 390 valence electrons. The summed E-state index contributed by atoms with van der Waals surface area (Å²) in [4.78, 5) is 66.8. The second-order valence-corrected chi connectivity index (χ2v) is 23.4. The smallest absolute Gasteiger partial charge is 0.258 e. The van der Waals surface area contributed by atoms with E-state index in [1.807, 2.05) is 190 Å². The minimum absolute atomic E-state index is 0.193. The quantitative estimate of drug-likeness (QED) is 0.143. The number of amides is 3. The fourth-order valence-electron chi connectivity index (χ4n) is 10.6. The molecule has 0 saturated carbocycles. The highest BCUT2D eigenvalue weighted by Gasteiger charge is 2.36. The van der Waals surface area contributed by atoms with E-state index in [0.29, 0.717) is 17.1 Å². The van der Waals surface area contributed by atoms with E-state index in [4.69, 9.17) is 15.0 Å². The number of hydrogen-bond donors (Lipinski definition) is 0. The van der Waals surface area contributed by atoms with Gasteiger partial charge in [0.05, 0.1) is 33.6 Å². The first-order valence-corrected chi connectivity index (χ1v) is 26.6. The number of pyridine rings is 3. The monoisotopic (exact) mass is 1030 g/mol.